The van der Waals surface area contributed by atoms with Crippen LogP contribution in [0.4, 0.5) is 0 Å². The van der Waals surface area contributed by atoms with Gasteiger partial charge in [-0.25, -0.2) is 0 Å². The van der Waals surface area contributed by atoms with E-state index in [9.17, 15) is 0 Å². The van der Waals surface area contributed by atoms with Crippen molar-refractivity contribution in [2.45, 2.75) is 16.1 Å². The molecule has 2 aliphatic rings. The minimum absolute atomic E-state index is 0.688. The molecule has 0 spiro atoms. The van der Waals surface area contributed by atoms with Gasteiger partial charge in [0.1, 0.15) is 0 Å². The maximum absolute atomic E-state index is 3.66. The highest BCUT2D eigenvalue weighted by Gasteiger charge is 2.41. The second kappa shape index (κ2) is 2.09. The molecule has 0 radical (unpaired) electrons. The molecule has 1 fully saturated rings. The van der Waals surface area contributed by atoms with Crippen molar-refractivity contribution in [1.29, 1.82) is 0 Å². The molecule has 0 aromatic rings. The van der Waals surface area contributed by atoms with Crippen LogP contribution in [0.5, 0.6) is 0 Å². The van der Waals surface area contributed by atoms with Crippen molar-refractivity contribution < 1.29 is 0 Å². The number of alkyl halides is 2. The lowest BCUT2D eigenvalue weighted by molar-refractivity contribution is 0.699. The Labute approximate surface area is 72.0 Å². The minimum Gasteiger partial charge on any atom is -0.0872 e. The van der Waals surface area contributed by atoms with E-state index < -0.39 is 0 Å². The lowest BCUT2D eigenvalue weighted by atomic mass is 10.1. The zero-order chi connectivity index (χ0) is 6.43. The molecular formula is C7H8Br2. The van der Waals surface area contributed by atoms with Crippen molar-refractivity contribution in [2.24, 2.45) is 11.8 Å². The summed E-state index contributed by atoms with van der Waals surface area (Å²) in [5, 5.41) is 0. The first-order valence-corrected chi connectivity index (χ1v) is 5.08. The molecule has 4 atom stereocenters. The van der Waals surface area contributed by atoms with Gasteiger partial charge in [0, 0.05) is 9.65 Å². The van der Waals surface area contributed by atoms with Gasteiger partial charge in [-0.15, -0.1) is 0 Å². The number of fused-ring (bicyclic) bond motifs is 2. The second-order valence-corrected chi connectivity index (χ2v) is 4.95. The second-order valence-electron chi connectivity index (χ2n) is 2.84. The maximum Gasteiger partial charge on any atom is 0.0339 e. The largest absolute Gasteiger partial charge is 0.0872 e. The molecule has 50 valence electrons. The van der Waals surface area contributed by atoms with Crippen molar-refractivity contribution >= 4 is 31.9 Å². The van der Waals surface area contributed by atoms with Gasteiger partial charge in [-0.3, -0.25) is 0 Å². The summed E-state index contributed by atoms with van der Waals surface area (Å²) in [6, 6.07) is 0. The van der Waals surface area contributed by atoms with E-state index in [1.165, 1.54) is 6.42 Å². The highest BCUT2D eigenvalue weighted by Crippen LogP contribution is 2.46. The van der Waals surface area contributed by atoms with Crippen LogP contribution in [0, 0.1) is 11.8 Å². The Morgan fingerprint density at radius 2 is 1.44 bits per heavy atom. The molecule has 1 saturated carbocycles. The van der Waals surface area contributed by atoms with Crippen molar-refractivity contribution in [3.63, 3.8) is 0 Å². The number of hydrogen-bond acceptors (Lipinski definition) is 0. The third kappa shape index (κ3) is 0.829. The van der Waals surface area contributed by atoms with Gasteiger partial charge in [-0.1, -0.05) is 44.0 Å². The number of hydrogen-bond donors (Lipinski definition) is 0. The van der Waals surface area contributed by atoms with Crippen LogP contribution in [0.25, 0.3) is 0 Å². The average Bonchev–Trinajstić information content (AvgIpc) is 2.37. The highest BCUT2D eigenvalue weighted by molar-refractivity contribution is 9.12. The first kappa shape index (κ1) is 6.41. The van der Waals surface area contributed by atoms with E-state index in [0.717, 1.165) is 11.8 Å². The van der Waals surface area contributed by atoms with Crippen LogP contribution in [-0.2, 0) is 0 Å². The molecule has 0 aromatic carbocycles. The molecule has 0 nitrogen and oxygen atoms in total. The van der Waals surface area contributed by atoms with Crippen LogP contribution in [0.2, 0.25) is 0 Å². The number of allylic oxidation sites excluding steroid dienone is 2. The molecule has 9 heavy (non-hydrogen) atoms. The van der Waals surface area contributed by atoms with Gasteiger partial charge in [-0.05, 0) is 18.3 Å². The summed E-state index contributed by atoms with van der Waals surface area (Å²) in [6.45, 7) is 0. The summed E-state index contributed by atoms with van der Waals surface area (Å²) >= 11 is 7.33. The zero-order valence-corrected chi connectivity index (χ0v) is 8.10. The smallest absolute Gasteiger partial charge is 0.0339 e. The fourth-order valence-corrected chi connectivity index (χ4v) is 3.27. The lowest BCUT2D eigenvalue weighted by Gasteiger charge is -2.16. The third-order valence-electron chi connectivity index (χ3n) is 2.27. The summed E-state index contributed by atoms with van der Waals surface area (Å²) in [5.74, 6) is 1.61. The SMILES string of the molecule is Br[C@@H]1[C@H](Br)[C@H]2C=C[C@H]1C2. The quantitative estimate of drug-likeness (QED) is 0.459. The number of rotatable bonds is 0. The first-order valence-electron chi connectivity index (χ1n) is 3.25. The standard InChI is InChI=1S/C7H8Br2/c8-6-4-1-2-5(3-4)7(6)9/h1-2,4-7H,3H2/t4-,5-,6-,7+/m0/s1. The molecule has 2 aliphatic carbocycles. The topological polar surface area (TPSA) is 0 Å². The Bertz CT molecular complexity index is 137. The highest BCUT2D eigenvalue weighted by atomic mass is 79.9. The molecule has 0 aliphatic heterocycles. The normalized spacial score (nSPS) is 54.9. The van der Waals surface area contributed by atoms with Crippen molar-refractivity contribution in [3.8, 4) is 0 Å². The zero-order valence-electron chi connectivity index (χ0n) is 4.93. The van der Waals surface area contributed by atoms with Crippen LogP contribution in [0.1, 0.15) is 6.42 Å². The Kier molecular flexibility index (Phi) is 1.49. The summed E-state index contributed by atoms with van der Waals surface area (Å²) in [5.41, 5.74) is 0. The van der Waals surface area contributed by atoms with Gasteiger partial charge in [-0.2, -0.15) is 0 Å². The van der Waals surface area contributed by atoms with Crippen molar-refractivity contribution in [2.75, 3.05) is 0 Å². The Morgan fingerprint density at radius 3 is 1.67 bits per heavy atom. The van der Waals surface area contributed by atoms with Crippen LogP contribution in [0.15, 0.2) is 12.2 Å². The van der Waals surface area contributed by atoms with E-state index in [-0.39, 0.29) is 0 Å². The molecular weight excluding hydrogens is 244 g/mol. The molecule has 2 rings (SSSR count). The van der Waals surface area contributed by atoms with Gasteiger partial charge >= 0.3 is 0 Å². The molecule has 2 bridgehead atoms. The average molecular weight is 252 g/mol. The monoisotopic (exact) mass is 250 g/mol. The summed E-state index contributed by atoms with van der Waals surface area (Å²) < 4.78 is 0. The van der Waals surface area contributed by atoms with Gasteiger partial charge < -0.3 is 0 Å². The van der Waals surface area contributed by atoms with E-state index >= 15 is 0 Å². The molecule has 0 aromatic heterocycles. The number of halogens is 2. The van der Waals surface area contributed by atoms with Gasteiger partial charge in [0.25, 0.3) is 0 Å². The maximum atomic E-state index is 3.66. The molecule has 2 heteroatoms. The van der Waals surface area contributed by atoms with Crippen LogP contribution >= 0.6 is 31.9 Å². The molecule has 0 saturated heterocycles. The molecule has 0 N–H and O–H groups in total. The van der Waals surface area contributed by atoms with E-state index in [1.54, 1.807) is 0 Å². The Hall–Kier alpha value is 0.700. The fraction of sp³-hybridized carbons (Fsp3) is 0.714. The predicted octanol–water partition coefficient (Wildman–Crippen LogP) is 2.72. The summed E-state index contributed by atoms with van der Waals surface area (Å²) in [4.78, 5) is 1.38. The van der Waals surface area contributed by atoms with Gasteiger partial charge in [0.05, 0.1) is 0 Å². The molecule has 0 heterocycles. The van der Waals surface area contributed by atoms with E-state index in [2.05, 4.69) is 44.0 Å². The van der Waals surface area contributed by atoms with Crippen molar-refractivity contribution in [1.82, 2.24) is 0 Å². The van der Waals surface area contributed by atoms with Crippen LogP contribution in [0.3, 0.4) is 0 Å². The Morgan fingerprint density at radius 1 is 1.00 bits per heavy atom. The fourth-order valence-electron chi connectivity index (χ4n) is 1.70. The predicted molar refractivity (Wildman–Crippen MR) is 46.2 cm³/mol. The molecule has 0 amide bonds. The lowest BCUT2D eigenvalue weighted by Crippen LogP contribution is -2.18. The minimum atomic E-state index is 0.688. The van der Waals surface area contributed by atoms with Crippen LogP contribution in [-0.4, -0.2) is 9.65 Å². The van der Waals surface area contributed by atoms with Crippen molar-refractivity contribution in [3.05, 3.63) is 12.2 Å². The molecule has 0 unspecified atom stereocenters. The summed E-state index contributed by atoms with van der Waals surface area (Å²) in [6.07, 6.45) is 6.02. The van der Waals surface area contributed by atoms with Gasteiger partial charge in [0.2, 0.25) is 0 Å². The van der Waals surface area contributed by atoms with E-state index in [0.29, 0.717) is 9.65 Å². The third-order valence-corrected chi connectivity index (χ3v) is 5.48. The summed E-state index contributed by atoms with van der Waals surface area (Å²) in [7, 11) is 0. The van der Waals surface area contributed by atoms with E-state index in [1.807, 2.05) is 0 Å². The van der Waals surface area contributed by atoms with Gasteiger partial charge in [0.15, 0.2) is 0 Å². The Balaban J connectivity index is 2.26. The van der Waals surface area contributed by atoms with E-state index in [4.69, 9.17) is 0 Å². The van der Waals surface area contributed by atoms with Crippen LogP contribution < -0.4 is 0 Å². The first-order chi connectivity index (χ1) is 4.29.